The van der Waals surface area contributed by atoms with E-state index in [0.29, 0.717) is 5.56 Å². The van der Waals surface area contributed by atoms with E-state index in [1.54, 1.807) is 20.8 Å². The topological polar surface area (TPSA) is 92.8 Å². The number of primary amides is 1. The van der Waals surface area contributed by atoms with Gasteiger partial charge in [0.15, 0.2) is 11.5 Å². The van der Waals surface area contributed by atoms with E-state index in [1.807, 2.05) is 0 Å². The number of phenolic OH excluding ortho intramolecular Hbond substituents is 1. The molecule has 0 aliphatic carbocycles. The van der Waals surface area contributed by atoms with Gasteiger partial charge in [0.05, 0.1) is 11.7 Å². The van der Waals surface area contributed by atoms with Crippen LogP contribution in [0.4, 0.5) is 0 Å². The largest absolute Gasteiger partial charge is 0.504 e. The van der Waals surface area contributed by atoms with Crippen LogP contribution in [0.25, 0.3) is 0 Å². The molecule has 5 nitrogen and oxygen atoms in total. The number of ether oxygens (including phenoxy) is 1. The Kier molecular flexibility index (Phi) is 3.27. The second kappa shape index (κ2) is 4.30. The molecule has 0 saturated heterocycles. The van der Waals surface area contributed by atoms with Crippen LogP contribution in [0.15, 0.2) is 6.07 Å². The Morgan fingerprint density at radius 2 is 1.94 bits per heavy atom. The summed E-state index contributed by atoms with van der Waals surface area (Å²) in [5, 5.41) is 19.2. The first-order valence-corrected chi connectivity index (χ1v) is 4.86. The lowest BCUT2D eigenvalue weighted by Gasteiger charge is -2.15. The number of aryl methyl sites for hydroxylation is 1. The summed E-state index contributed by atoms with van der Waals surface area (Å²) < 4.78 is 5.28. The lowest BCUT2D eigenvalue weighted by atomic mass is 10.1. The van der Waals surface area contributed by atoms with Gasteiger partial charge in [0.1, 0.15) is 0 Å². The maximum atomic E-state index is 11.0. The van der Waals surface area contributed by atoms with Crippen LogP contribution in [0.5, 0.6) is 17.2 Å². The Morgan fingerprint density at radius 1 is 1.38 bits per heavy atom. The number of aromatic hydroxyl groups is 2. The van der Waals surface area contributed by atoms with Gasteiger partial charge in [-0.2, -0.15) is 0 Å². The first kappa shape index (κ1) is 12.2. The number of amides is 1. The maximum absolute atomic E-state index is 11.0. The summed E-state index contributed by atoms with van der Waals surface area (Å²) in [6.07, 6.45) is -0.149. The Morgan fingerprint density at radius 3 is 2.38 bits per heavy atom. The molecule has 1 aromatic carbocycles. The van der Waals surface area contributed by atoms with Crippen molar-refractivity contribution in [2.24, 2.45) is 5.73 Å². The standard InChI is InChI=1S/C11H15NO4/c1-5(2)16-7-4-6(3)8(11(12)15)10(14)9(7)13/h4-5,13-14H,1-3H3,(H2,12,15). The Hall–Kier alpha value is -1.91. The number of carbonyl (C=O) groups is 1. The molecular weight excluding hydrogens is 210 g/mol. The first-order chi connectivity index (χ1) is 7.34. The fourth-order valence-corrected chi connectivity index (χ4v) is 1.41. The van der Waals surface area contributed by atoms with Crippen molar-refractivity contribution >= 4 is 5.91 Å². The predicted molar refractivity (Wildman–Crippen MR) is 58.8 cm³/mol. The predicted octanol–water partition coefficient (Wildman–Crippen LogP) is 1.29. The molecule has 1 rings (SSSR count). The number of rotatable bonds is 3. The van der Waals surface area contributed by atoms with Crippen molar-refractivity contribution in [1.82, 2.24) is 0 Å². The van der Waals surface area contributed by atoms with Crippen molar-refractivity contribution in [2.75, 3.05) is 0 Å². The molecule has 0 atom stereocenters. The van der Waals surface area contributed by atoms with E-state index in [9.17, 15) is 15.0 Å². The third-order valence-corrected chi connectivity index (χ3v) is 2.05. The van der Waals surface area contributed by atoms with Crippen molar-refractivity contribution < 1.29 is 19.7 Å². The molecule has 0 aliphatic rings. The molecule has 0 aliphatic heterocycles. The molecule has 4 N–H and O–H groups in total. The van der Waals surface area contributed by atoms with Crippen LogP contribution in [-0.2, 0) is 0 Å². The third kappa shape index (κ3) is 2.18. The van der Waals surface area contributed by atoms with Crippen LogP contribution in [0, 0.1) is 6.92 Å². The summed E-state index contributed by atoms with van der Waals surface area (Å²) in [4.78, 5) is 11.0. The van der Waals surface area contributed by atoms with Crippen molar-refractivity contribution in [3.8, 4) is 17.2 Å². The maximum Gasteiger partial charge on any atom is 0.252 e. The summed E-state index contributed by atoms with van der Waals surface area (Å²) >= 11 is 0. The Labute approximate surface area is 93.5 Å². The zero-order valence-corrected chi connectivity index (χ0v) is 9.44. The molecule has 0 bridgehead atoms. The van der Waals surface area contributed by atoms with Crippen LogP contribution >= 0.6 is 0 Å². The molecule has 0 unspecified atom stereocenters. The molecule has 0 saturated carbocycles. The molecule has 0 aromatic heterocycles. The molecule has 0 heterocycles. The third-order valence-electron chi connectivity index (χ3n) is 2.05. The molecule has 1 aromatic rings. The van der Waals surface area contributed by atoms with E-state index in [4.69, 9.17) is 10.5 Å². The molecule has 5 heteroatoms. The smallest absolute Gasteiger partial charge is 0.252 e. The van der Waals surface area contributed by atoms with E-state index in [2.05, 4.69) is 0 Å². The van der Waals surface area contributed by atoms with E-state index < -0.39 is 17.4 Å². The van der Waals surface area contributed by atoms with Crippen LogP contribution in [-0.4, -0.2) is 22.2 Å². The van der Waals surface area contributed by atoms with E-state index in [-0.39, 0.29) is 17.4 Å². The van der Waals surface area contributed by atoms with Crippen LogP contribution < -0.4 is 10.5 Å². The van der Waals surface area contributed by atoms with Gasteiger partial charge in [-0.3, -0.25) is 4.79 Å². The number of hydrogen-bond acceptors (Lipinski definition) is 4. The van der Waals surface area contributed by atoms with Gasteiger partial charge in [0.2, 0.25) is 5.75 Å². The second-order valence-corrected chi connectivity index (χ2v) is 3.79. The molecule has 0 fully saturated rings. The monoisotopic (exact) mass is 225 g/mol. The molecule has 16 heavy (non-hydrogen) atoms. The summed E-state index contributed by atoms with van der Waals surface area (Å²) in [6, 6.07) is 1.47. The van der Waals surface area contributed by atoms with Gasteiger partial charge in [-0.05, 0) is 32.4 Å². The highest BCUT2D eigenvalue weighted by Crippen LogP contribution is 2.40. The summed E-state index contributed by atoms with van der Waals surface area (Å²) in [6.45, 7) is 5.17. The molecular formula is C11H15NO4. The van der Waals surface area contributed by atoms with Gasteiger partial charge in [0, 0.05) is 0 Å². The van der Waals surface area contributed by atoms with Crippen LogP contribution in [0.2, 0.25) is 0 Å². The molecule has 0 spiro atoms. The van der Waals surface area contributed by atoms with Gasteiger partial charge >= 0.3 is 0 Å². The van der Waals surface area contributed by atoms with Gasteiger partial charge < -0.3 is 20.7 Å². The number of nitrogens with two attached hydrogens (primary N) is 1. The SMILES string of the molecule is Cc1cc(OC(C)C)c(O)c(O)c1C(N)=O. The van der Waals surface area contributed by atoms with E-state index in [0.717, 1.165) is 0 Å². The van der Waals surface area contributed by atoms with Gasteiger partial charge in [-0.25, -0.2) is 0 Å². The minimum Gasteiger partial charge on any atom is -0.504 e. The molecule has 0 radical (unpaired) electrons. The number of hydrogen-bond donors (Lipinski definition) is 3. The molecule has 88 valence electrons. The van der Waals surface area contributed by atoms with Crippen molar-refractivity contribution in [2.45, 2.75) is 26.9 Å². The zero-order chi connectivity index (χ0) is 12.5. The number of carbonyl (C=O) groups excluding carboxylic acids is 1. The Balaban J connectivity index is 3.33. The van der Waals surface area contributed by atoms with Crippen molar-refractivity contribution in [1.29, 1.82) is 0 Å². The summed E-state index contributed by atoms with van der Waals surface area (Å²) in [7, 11) is 0. The highest BCUT2D eigenvalue weighted by molar-refractivity contribution is 5.98. The van der Waals surface area contributed by atoms with Gasteiger partial charge in [-0.15, -0.1) is 0 Å². The highest BCUT2D eigenvalue weighted by Gasteiger charge is 2.20. The van der Waals surface area contributed by atoms with Crippen LogP contribution in [0.3, 0.4) is 0 Å². The first-order valence-electron chi connectivity index (χ1n) is 4.86. The average molecular weight is 225 g/mol. The summed E-state index contributed by atoms with van der Waals surface area (Å²) in [5.74, 6) is -1.66. The quantitative estimate of drug-likeness (QED) is 0.676. The van der Waals surface area contributed by atoms with Gasteiger partial charge in [-0.1, -0.05) is 0 Å². The Bertz CT molecular complexity index is 426. The van der Waals surface area contributed by atoms with E-state index >= 15 is 0 Å². The number of benzene rings is 1. The van der Waals surface area contributed by atoms with Crippen molar-refractivity contribution in [3.05, 3.63) is 17.2 Å². The molecule has 1 amide bonds. The lowest BCUT2D eigenvalue weighted by Crippen LogP contribution is -2.14. The fraction of sp³-hybridized carbons (Fsp3) is 0.364. The number of phenols is 2. The average Bonchev–Trinajstić information content (AvgIpc) is 2.12. The second-order valence-electron chi connectivity index (χ2n) is 3.79. The zero-order valence-electron chi connectivity index (χ0n) is 9.44. The van der Waals surface area contributed by atoms with E-state index in [1.165, 1.54) is 6.07 Å². The lowest BCUT2D eigenvalue weighted by molar-refractivity contribution is 0.0996. The highest BCUT2D eigenvalue weighted by atomic mass is 16.5. The van der Waals surface area contributed by atoms with Crippen LogP contribution in [0.1, 0.15) is 29.8 Å². The van der Waals surface area contributed by atoms with Gasteiger partial charge in [0.25, 0.3) is 5.91 Å². The normalized spacial score (nSPS) is 10.5. The minimum atomic E-state index is -0.790. The summed E-state index contributed by atoms with van der Waals surface area (Å²) in [5.41, 5.74) is 5.45. The fourth-order valence-electron chi connectivity index (χ4n) is 1.41. The minimum absolute atomic E-state index is 0.0893. The van der Waals surface area contributed by atoms with Crippen molar-refractivity contribution in [3.63, 3.8) is 0 Å².